The molecule has 1 aromatic heterocycles. The lowest BCUT2D eigenvalue weighted by atomic mass is 9.99. The van der Waals surface area contributed by atoms with E-state index in [2.05, 4.69) is 65.8 Å². The van der Waals surface area contributed by atoms with Crippen LogP contribution in [0.2, 0.25) is 0 Å². The fraction of sp³-hybridized carbons (Fsp3) is 0.263. The lowest BCUT2D eigenvalue weighted by Crippen LogP contribution is -2.14. The van der Waals surface area contributed by atoms with E-state index in [0.29, 0.717) is 19.0 Å². The highest BCUT2D eigenvalue weighted by molar-refractivity contribution is 6.00. The first-order valence-corrected chi connectivity index (χ1v) is 8.00. The number of nitrogens with two attached hydrogens (primary N) is 1. The summed E-state index contributed by atoms with van der Waals surface area (Å²) in [5.74, 6) is 1.31. The first kappa shape index (κ1) is 15.4. The Kier molecular flexibility index (Phi) is 4.53. The quantitative estimate of drug-likeness (QED) is 0.752. The number of hydrogen-bond donors (Lipinski definition) is 2. The molecule has 3 aromatic rings. The minimum absolute atomic E-state index is 0.523. The lowest BCUT2D eigenvalue weighted by Gasteiger charge is -2.11. The molecule has 3 rings (SSSR count). The first-order valence-electron chi connectivity index (χ1n) is 8.00. The molecule has 4 nitrogen and oxygen atoms in total. The zero-order valence-electron chi connectivity index (χ0n) is 13.6. The summed E-state index contributed by atoms with van der Waals surface area (Å²) in [6.45, 7) is 5.64. The average molecular weight is 306 g/mol. The van der Waals surface area contributed by atoms with Crippen LogP contribution >= 0.6 is 0 Å². The van der Waals surface area contributed by atoms with Crippen molar-refractivity contribution in [3.63, 3.8) is 0 Å². The molecule has 2 aromatic carbocycles. The van der Waals surface area contributed by atoms with Crippen LogP contribution in [0.15, 0.2) is 48.5 Å². The van der Waals surface area contributed by atoms with E-state index in [1.165, 1.54) is 5.56 Å². The van der Waals surface area contributed by atoms with E-state index in [9.17, 15) is 0 Å². The van der Waals surface area contributed by atoms with E-state index in [1.54, 1.807) is 0 Å². The molecule has 0 radical (unpaired) electrons. The Morgan fingerprint density at radius 1 is 0.957 bits per heavy atom. The maximum Gasteiger partial charge on any atom is 0.156 e. The zero-order chi connectivity index (χ0) is 16.2. The Morgan fingerprint density at radius 3 is 2.30 bits per heavy atom. The second-order valence-corrected chi connectivity index (χ2v) is 5.93. The molecule has 4 heteroatoms. The van der Waals surface area contributed by atoms with Gasteiger partial charge in [-0.3, -0.25) is 0 Å². The summed E-state index contributed by atoms with van der Waals surface area (Å²) in [4.78, 5) is 0. The van der Waals surface area contributed by atoms with E-state index in [-0.39, 0.29) is 0 Å². The molecule has 0 aliphatic rings. The van der Waals surface area contributed by atoms with E-state index in [1.807, 2.05) is 12.1 Å². The first-order chi connectivity index (χ1) is 11.2. The van der Waals surface area contributed by atoms with Gasteiger partial charge in [-0.25, -0.2) is 0 Å². The Morgan fingerprint density at radius 2 is 1.65 bits per heavy atom. The molecule has 0 aliphatic heterocycles. The van der Waals surface area contributed by atoms with Crippen molar-refractivity contribution in [2.24, 2.45) is 5.73 Å². The van der Waals surface area contributed by atoms with Crippen molar-refractivity contribution >= 4 is 16.6 Å². The van der Waals surface area contributed by atoms with Crippen molar-refractivity contribution in [3.8, 4) is 11.3 Å². The summed E-state index contributed by atoms with van der Waals surface area (Å²) in [6.07, 6.45) is 0. The minimum Gasteiger partial charge on any atom is -0.367 e. The fourth-order valence-corrected chi connectivity index (χ4v) is 2.66. The van der Waals surface area contributed by atoms with Crippen molar-refractivity contribution in [2.75, 3.05) is 18.4 Å². The molecule has 23 heavy (non-hydrogen) atoms. The molecule has 1 heterocycles. The van der Waals surface area contributed by atoms with Crippen LogP contribution in [0.5, 0.6) is 0 Å². The molecule has 0 saturated carbocycles. The smallest absolute Gasteiger partial charge is 0.156 e. The monoisotopic (exact) mass is 306 g/mol. The maximum atomic E-state index is 5.57. The normalized spacial score (nSPS) is 11.1. The zero-order valence-corrected chi connectivity index (χ0v) is 13.6. The highest BCUT2D eigenvalue weighted by Crippen LogP contribution is 2.30. The third-order valence-electron chi connectivity index (χ3n) is 3.97. The minimum atomic E-state index is 0.523. The van der Waals surface area contributed by atoms with Gasteiger partial charge in [-0.1, -0.05) is 62.4 Å². The van der Waals surface area contributed by atoms with Crippen LogP contribution in [-0.2, 0) is 0 Å². The summed E-state index contributed by atoms with van der Waals surface area (Å²) < 4.78 is 0. The molecule has 118 valence electrons. The fourth-order valence-electron chi connectivity index (χ4n) is 2.66. The van der Waals surface area contributed by atoms with Gasteiger partial charge in [-0.05, 0) is 11.5 Å². The van der Waals surface area contributed by atoms with Crippen LogP contribution in [0, 0.1) is 0 Å². The molecule has 3 N–H and O–H groups in total. The van der Waals surface area contributed by atoms with Crippen LogP contribution in [0.4, 0.5) is 5.82 Å². The molecule has 0 bridgehead atoms. The largest absolute Gasteiger partial charge is 0.367 e. The van der Waals surface area contributed by atoms with Crippen LogP contribution in [0.25, 0.3) is 22.0 Å². The third kappa shape index (κ3) is 3.17. The van der Waals surface area contributed by atoms with Gasteiger partial charge < -0.3 is 11.1 Å². The van der Waals surface area contributed by atoms with Crippen molar-refractivity contribution in [2.45, 2.75) is 19.8 Å². The van der Waals surface area contributed by atoms with E-state index in [4.69, 9.17) is 5.73 Å². The number of aromatic nitrogens is 2. The summed E-state index contributed by atoms with van der Waals surface area (Å²) in [7, 11) is 0. The molecular formula is C19H22N4. The van der Waals surface area contributed by atoms with Crippen molar-refractivity contribution in [3.05, 3.63) is 54.1 Å². The number of anilines is 1. The van der Waals surface area contributed by atoms with Gasteiger partial charge in [-0.2, -0.15) is 0 Å². The van der Waals surface area contributed by atoms with Crippen LogP contribution < -0.4 is 11.1 Å². The van der Waals surface area contributed by atoms with Gasteiger partial charge in [-0.15, -0.1) is 10.2 Å². The highest BCUT2D eigenvalue weighted by atomic mass is 15.2. The van der Waals surface area contributed by atoms with E-state index >= 15 is 0 Å². The van der Waals surface area contributed by atoms with Gasteiger partial charge in [0, 0.05) is 29.4 Å². The lowest BCUT2D eigenvalue weighted by molar-refractivity contribution is 0.867. The topological polar surface area (TPSA) is 63.8 Å². The Bertz CT molecular complexity index is 794. The third-order valence-corrected chi connectivity index (χ3v) is 3.97. The Balaban J connectivity index is 2.08. The van der Waals surface area contributed by atoms with Crippen LogP contribution in [-0.4, -0.2) is 23.3 Å². The average Bonchev–Trinajstić information content (AvgIpc) is 2.59. The summed E-state index contributed by atoms with van der Waals surface area (Å²) >= 11 is 0. The molecule has 0 saturated heterocycles. The van der Waals surface area contributed by atoms with E-state index < -0.39 is 0 Å². The van der Waals surface area contributed by atoms with Crippen molar-refractivity contribution < 1.29 is 0 Å². The SMILES string of the molecule is CC(C)c1ccc(-c2nnc(NCCN)c3ccccc23)cc1. The van der Waals surface area contributed by atoms with Gasteiger partial charge in [0.1, 0.15) is 5.69 Å². The van der Waals surface area contributed by atoms with Gasteiger partial charge in [0.25, 0.3) is 0 Å². The number of benzene rings is 2. The molecule has 0 unspecified atom stereocenters. The highest BCUT2D eigenvalue weighted by Gasteiger charge is 2.10. The molecule has 0 aliphatic carbocycles. The Hall–Kier alpha value is -2.46. The summed E-state index contributed by atoms with van der Waals surface area (Å²) in [6, 6.07) is 16.8. The number of nitrogens with one attached hydrogen (secondary N) is 1. The van der Waals surface area contributed by atoms with Crippen LogP contribution in [0.3, 0.4) is 0 Å². The predicted molar refractivity (Wildman–Crippen MR) is 96.6 cm³/mol. The van der Waals surface area contributed by atoms with Gasteiger partial charge in [0.15, 0.2) is 5.82 Å². The van der Waals surface area contributed by atoms with Crippen LogP contribution in [0.1, 0.15) is 25.3 Å². The second-order valence-electron chi connectivity index (χ2n) is 5.93. The molecule has 0 fully saturated rings. The number of nitrogens with zero attached hydrogens (tertiary/aromatic N) is 2. The predicted octanol–water partition coefficient (Wildman–Crippen LogP) is 3.79. The molecule has 0 amide bonds. The Labute approximate surface area is 136 Å². The van der Waals surface area contributed by atoms with E-state index in [0.717, 1.165) is 27.8 Å². The number of hydrogen-bond acceptors (Lipinski definition) is 4. The molecular weight excluding hydrogens is 284 g/mol. The van der Waals surface area contributed by atoms with Crippen molar-refractivity contribution in [1.82, 2.24) is 10.2 Å². The van der Waals surface area contributed by atoms with Gasteiger partial charge in [0.05, 0.1) is 0 Å². The molecule has 0 atom stereocenters. The second kappa shape index (κ2) is 6.75. The van der Waals surface area contributed by atoms with Gasteiger partial charge >= 0.3 is 0 Å². The van der Waals surface area contributed by atoms with Crippen molar-refractivity contribution in [1.29, 1.82) is 0 Å². The standard InChI is InChI=1S/C19H22N4/c1-13(2)14-7-9-15(10-8-14)18-16-5-3-4-6-17(16)19(23-22-18)21-12-11-20/h3-10,13H,11-12,20H2,1-2H3,(H,21,23). The maximum absolute atomic E-state index is 5.57. The van der Waals surface area contributed by atoms with Gasteiger partial charge in [0.2, 0.25) is 0 Å². The molecule has 0 spiro atoms. The number of rotatable bonds is 5. The number of fused-ring (bicyclic) bond motifs is 1. The summed E-state index contributed by atoms with van der Waals surface area (Å²) in [5.41, 5.74) is 8.89. The summed E-state index contributed by atoms with van der Waals surface area (Å²) in [5, 5.41) is 14.2.